The minimum Gasteiger partial charge on any atom is -0.481 e. The van der Waals surface area contributed by atoms with Crippen LogP contribution in [0.5, 0.6) is 0 Å². The van der Waals surface area contributed by atoms with Crippen molar-refractivity contribution < 1.29 is 14.7 Å². The van der Waals surface area contributed by atoms with Crippen LogP contribution < -0.4 is 11.5 Å². The topological polar surface area (TPSA) is 119 Å². The molecule has 0 bridgehead atoms. The van der Waals surface area contributed by atoms with Gasteiger partial charge in [-0.15, -0.1) is 11.3 Å². The van der Waals surface area contributed by atoms with E-state index in [9.17, 15) is 9.59 Å². The molecule has 1 rings (SSSR count). The molecule has 1 aromatic rings. The van der Waals surface area contributed by atoms with Gasteiger partial charge in [-0.1, -0.05) is 6.08 Å². The molecule has 5 N–H and O–H groups in total. The molecule has 6 nitrogen and oxygen atoms in total. The molecular formula is C10H13N3O3S. The summed E-state index contributed by atoms with van der Waals surface area (Å²) >= 11 is 1.16. The Bertz CT molecular complexity index is 491. The highest BCUT2D eigenvalue weighted by molar-refractivity contribution is 7.13. The molecule has 0 saturated heterocycles. The lowest BCUT2D eigenvalue weighted by atomic mass is 9.90. The fraction of sp³-hybridized carbons (Fsp3) is 0.300. The van der Waals surface area contributed by atoms with Crippen LogP contribution in [-0.4, -0.2) is 22.0 Å². The van der Waals surface area contributed by atoms with E-state index in [1.165, 1.54) is 19.9 Å². The highest BCUT2D eigenvalue weighted by atomic mass is 32.1. The van der Waals surface area contributed by atoms with Gasteiger partial charge in [0.1, 0.15) is 0 Å². The smallest absolute Gasteiger partial charge is 0.312 e. The number of carboxylic acid groups (broad SMARTS) is 1. The van der Waals surface area contributed by atoms with Crippen molar-refractivity contribution in [3.8, 4) is 0 Å². The van der Waals surface area contributed by atoms with E-state index in [-0.39, 0.29) is 5.57 Å². The van der Waals surface area contributed by atoms with Crippen molar-refractivity contribution in [3.63, 3.8) is 0 Å². The molecule has 0 atom stereocenters. The number of carbonyl (C=O) groups excluding carboxylic acids is 1. The monoisotopic (exact) mass is 255 g/mol. The van der Waals surface area contributed by atoms with Crippen molar-refractivity contribution in [2.45, 2.75) is 13.8 Å². The normalized spacial score (nSPS) is 12.5. The number of primary amides is 1. The summed E-state index contributed by atoms with van der Waals surface area (Å²) in [7, 11) is 0. The number of anilines is 1. The SMILES string of the molecule is CC(C)(C=C(C(N)=O)c1csc(N)n1)C(=O)O. The van der Waals surface area contributed by atoms with Gasteiger partial charge in [-0.2, -0.15) is 0 Å². The molecule has 0 radical (unpaired) electrons. The predicted octanol–water partition coefficient (Wildman–Crippen LogP) is 0.705. The van der Waals surface area contributed by atoms with Crippen LogP contribution in [0.3, 0.4) is 0 Å². The molecule has 92 valence electrons. The molecule has 0 unspecified atom stereocenters. The predicted molar refractivity (Wildman–Crippen MR) is 65.1 cm³/mol. The minimum absolute atomic E-state index is 0.0605. The number of aliphatic carboxylic acids is 1. The highest BCUT2D eigenvalue weighted by Crippen LogP contribution is 2.26. The van der Waals surface area contributed by atoms with Crippen molar-refractivity contribution in [1.29, 1.82) is 0 Å². The van der Waals surface area contributed by atoms with Gasteiger partial charge in [0.2, 0.25) is 0 Å². The third-order valence-electron chi connectivity index (χ3n) is 2.12. The largest absolute Gasteiger partial charge is 0.481 e. The first-order valence-corrected chi connectivity index (χ1v) is 5.59. The van der Waals surface area contributed by atoms with Crippen LogP contribution in [0, 0.1) is 5.41 Å². The molecule has 0 saturated carbocycles. The summed E-state index contributed by atoms with van der Waals surface area (Å²) in [6, 6.07) is 0. The lowest BCUT2D eigenvalue weighted by Gasteiger charge is -2.15. The molecule has 0 aliphatic carbocycles. The molecule has 0 spiro atoms. The fourth-order valence-electron chi connectivity index (χ4n) is 1.11. The number of aromatic nitrogens is 1. The Balaban J connectivity index is 3.24. The molecule has 17 heavy (non-hydrogen) atoms. The number of hydrogen-bond acceptors (Lipinski definition) is 5. The summed E-state index contributed by atoms with van der Waals surface area (Å²) in [5.41, 5.74) is 9.82. The van der Waals surface area contributed by atoms with Gasteiger partial charge < -0.3 is 16.6 Å². The van der Waals surface area contributed by atoms with Crippen LogP contribution in [0.4, 0.5) is 5.13 Å². The van der Waals surface area contributed by atoms with Crippen LogP contribution in [0.15, 0.2) is 11.5 Å². The Hall–Kier alpha value is -1.89. The first-order chi connectivity index (χ1) is 7.74. The second-order valence-electron chi connectivity index (χ2n) is 4.02. The van der Waals surface area contributed by atoms with Crippen LogP contribution in [0.1, 0.15) is 19.5 Å². The van der Waals surface area contributed by atoms with Gasteiger partial charge in [0.05, 0.1) is 16.7 Å². The van der Waals surface area contributed by atoms with Crippen molar-refractivity contribution in [2.24, 2.45) is 11.1 Å². The Kier molecular flexibility index (Phi) is 3.52. The zero-order valence-corrected chi connectivity index (χ0v) is 10.2. The van der Waals surface area contributed by atoms with E-state index >= 15 is 0 Å². The zero-order chi connectivity index (χ0) is 13.2. The summed E-state index contributed by atoms with van der Waals surface area (Å²) in [6.07, 6.45) is 1.28. The van der Waals surface area contributed by atoms with Crippen molar-refractivity contribution in [3.05, 3.63) is 17.2 Å². The van der Waals surface area contributed by atoms with Crippen LogP contribution >= 0.6 is 11.3 Å². The third-order valence-corrected chi connectivity index (χ3v) is 2.79. The number of nitrogens with zero attached hydrogens (tertiary/aromatic N) is 1. The van der Waals surface area contributed by atoms with E-state index < -0.39 is 17.3 Å². The lowest BCUT2D eigenvalue weighted by Crippen LogP contribution is -2.24. The maximum atomic E-state index is 11.3. The number of carboxylic acids is 1. The average Bonchev–Trinajstić information content (AvgIpc) is 2.60. The van der Waals surface area contributed by atoms with E-state index in [4.69, 9.17) is 16.6 Å². The second-order valence-corrected chi connectivity index (χ2v) is 4.91. The van der Waals surface area contributed by atoms with Gasteiger partial charge in [-0.05, 0) is 13.8 Å². The van der Waals surface area contributed by atoms with E-state index in [2.05, 4.69) is 4.98 Å². The number of thiazole rings is 1. The van der Waals surface area contributed by atoms with Crippen LogP contribution in [0.25, 0.3) is 5.57 Å². The average molecular weight is 255 g/mol. The van der Waals surface area contributed by atoms with Gasteiger partial charge in [-0.3, -0.25) is 9.59 Å². The van der Waals surface area contributed by atoms with Gasteiger partial charge in [0.15, 0.2) is 5.13 Å². The lowest BCUT2D eigenvalue weighted by molar-refractivity contribution is -0.144. The summed E-state index contributed by atoms with van der Waals surface area (Å²) in [6.45, 7) is 2.93. The number of carbonyl (C=O) groups is 2. The first kappa shape index (κ1) is 13.2. The summed E-state index contributed by atoms with van der Waals surface area (Å²) in [5.74, 6) is -1.79. The van der Waals surface area contributed by atoms with Gasteiger partial charge in [-0.25, -0.2) is 4.98 Å². The van der Waals surface area contributed by atoms with E-state index in [0.29, 0.717) is 10.8 Å². The van der Waals surface area contributed by atoms with Crippen molar-refractivity contribution in [2.75, 3.05) is 5.73 Å². The quantitative estimate of drug-likeness (QED) is 0.684. The van der Waals surface area contributed by atoms with Crippen LogP contribution in [-0.2, 0) is 9.59 Å². The maximum Gasteiger partial charge on any atom is 0.312 e. The molecule has 1 amide bonds. The summed E-state index contributed by atoms with van der Waals surface area (Å²) in [5, 5.41) is 10.8. The maximum absolute atomic E-state index is 11.3. The number of hydrogen-bond donors (Lipinski definition) is 3. The zero-order valence-electron chi connectivity index (χ0n) is 9.43. The standard InChI is InChI=1S/C10H13N3O3S/c1-10(2,8(15)16)3-5(7(11)14)6-4-17-9(12)13-6/h3-4H,1-2H3,(H2,11,14)(H2,12,13)(H,15,16). The second kappa shape index (κ2) is 4.54. The van der Waals surface area contributed by atoms with Crippen LogP contribution in [0.2, 0.25) is 0 Å². The fourth-order valence-corrected chi connectivity index (χ4v) is 1.67. The van der Waals surface area contributed by atoms with E-state index in [1.807, 2.05) is 0 Å². The molecule has 0 aromatic carbocycles. The van der Waals surface area contributed by atoms with Gasteiger partial charge in [0, 0.05) is 5.38 Å². The molecular weight excluding hydrogens is 242 g/mol. The molecule has 7 heteroatoms. The van der Waals surface area contributed by atoms with E-state index in [1.54, 1.807) is 5.38 Å². The first-order valence-electron chi connectivity index (χ1n) is 4.71. The van der Waals surface area contributed by atoms with Gasteiger partial charge >= 0.3 is 5.97 Å². The molecule has 0 fully saturated rings. The third kappa shape index (κ3) is 3.04. The molecule has 0 aliphatic heterocycles. The number of amides is 1. The summed E-state index contributed by atoms with van der Waals surface area (Å²) in [4.78, 5) is 26.2. The Morgan fingerprint density at radius 1 is 1.53 bits per heavy atom. The molecule has 1 aromatic heterocycles. The minimum atomic E-state index is -1.21. The number of nitrogens with two attached hydrogens (primary N) is 2. The highest BCUT2D eigenvalue weighted by Gasteiger charge is 2.27. The Labute approximate surface area is 102 Å². The number of rotatable bonds is 4. The molecule has 1 heterocycles. The molecule has 0 aliphatic rings. The summed E-state index contributed by atoms with van der Waals surface area (Å²) < 4.78 is 0. The number of nitrogen functional groups attached to an aromatic ring is 1. The van der Waals surface area contributed by atoms with Gasteiger partial charge in [0.25, 0.3) is 5.91 Å². The Morgan fingerprint density at radius 3 is 2.47 bits per heavy atom. The van der Waals surface area contributed by atoms with Crippen molar-refractivity contribution >= 4 is 33.9 Å². The Morgan fingerprint density at radius 2 is 2.12 bits per heavy atom. The van der Waals surface area contributed by atoms with Crippen molar-refractivity contribution in [1.82, 2.24) is 4.98 Å². The van der Waals surface area contributed by atoms with E-state index in [0.717, 1.165) is 11.3 Å².